The lowest BCUT2D eigenvalue weighted by atomic mass is 9.81. The molecule has 128 valence electrons. The standard InChI is InChI=1S/C19H31BO3/c1-14(2)15-10-11-17(21-7)16(13-15)9-8-12-20-22-18(3,4)19(5,6)23-20/h10-11,13-14H,8-9,12H2,1-7H3. The van der Waals surface area contributed by atoms with Gasteiger partial charge < -0.3 is 14.0 Å². The summed E-state index contributed by atoms with van der Waals surface area (Å²) in [5.74, 6) is 1.51. The van der Waals surface area contributed by atoms with Crippen LogP contribution in [0.2, 0.25) is 6.32 Å². The number of benzene rings is 1. The highest BCUT2D eigenvalue weighted by atomic mass is 16.7. The Bertz CT molecular complexity index is 521. The molecule has 1 aliphatic heterocycles. The molecule has 0 atom stereocenters. The summed E-state index contributed by atoms with van der Waals surface area (Å²) < 4.78 is 17.6. The van der Waals surface area contributed by atoms with Gasteiger partial charge in [-0.1, -0.05) is 32.4 Å². The molecule has 2 rings (SSSR count). The fourth-order valence-electron chi connectivity index (χ4n) is 2.90. The monoisotopic (exact) mass is 318 g/mol. The summed E-state index contributed by atoms with van der Waals surface area (Å²) in [7, 11) is 1.63. The number of hydrogen-bond donors (Lipinski definition) is 0. The van der Waals surface area contributed by atoms with Crippen molar-refractivity contribution in [3.05, 3.63) is 29.3 Å². The maximum atomic E-state index is 6.07. The Morgan fingerprint density at radius 2 is 1.70 bits per heavy atom. The molecule has 1 heterocycles. The zero-order chi connectivity index (χ0) is 17.3. The van der Waals surface area contributed by atoms with E-state index in [1.165, 1.54) is 11.1 Å². The molecule has 0 radical (unpaired) electrons. The van der Waals surface area contributed by atoms with Gasteiger partial charge in [0.15, 0.2) is 0 Å². The summed E-state index contributed by atoms with van der Waals surface area (Å²) in [6, 6.07) is 6.51. The van der Waals surface area contributed by atoms with Crippen molar-refractivity contribution in [2.45, 2.75) is 77.8 Å². The first-order valence-corrected chi connectivity index (χ1v) is 8.69. The molecule has 1 saturated heterocycles. The summed E-state index contributed by atoms with van der Waals surface area (Å²) in [5.41, 5.74) is 2.14. The normalized spacial score (nSPS) is 19.4. The molecule has 0 amide bonds. The van der Waals surface area contributed by atoms with Crippen LogP contribution in [0.5, 0.6) is 5.75 Å². The molecule has 1 aliphatic rings. The van der Waals surface area contributed by atoms with Gasteiger partial charge in [-0.15, -0.1) is 0 Å². The van der Waals surface area contributed by atoms with Gasteiger partial charge in [0, 0.05) is 0 Å². The van der Waals surface area contributed by atoms with Crippen molar-refractivity contribution in [1.29, 1.82) is 0 Å². The highest BCUT2D eigenvalue weighted by molar-refractivity contribution is 6.45. The van der Waals surface area contributed by atoms with Crippen LogP contribution in [0.3, 0.4) is 0 Å². The van der Waals surface area contributed by atoms with Crippen LogP contribution in [-0.2, 0) is 15.7 Å². The molecule has 0 saturated carbocycles. The molecule has 1 aromatic carbocycles. The van der Waals surface area contributed by atoms with Crippen molar-refractivity contribution < 1.29 is 14.0 Å². The Balaban J connectivity index is 1.95. The van der Waals surface area contributed by atoms with Crippen LogP contribution in [0.15, 0.2) is 18.2 Å². The molecular weight excluding hydrogens is 287 g/mol. The minimum Gasteiger partial charge on any atom is -0.496 e. The summed E-state index contributed by atoms with van der Waals surface area (Å²) in [6.07, 6.45) is 2.91. The molecule has 1 aromatic rings. The summed E-state index contributed by atoms with van der Waals surface area (Å²) in [6.45, 7) is 12.8. The van der Waals surface area contributed by atoms with Crippen LogP contribution in [0.1, 0.15) is 65.0 Å². The van der Waals surface area contributed by atoms with Gasteiger partial charge in [0.05, 0.1) is 18.3 Å². The summed E-state index contributed by atoms with van der Waals surface area (Å²) in [4.78, 5) is 0. The Hall–Kier alpha value is -0.995. The van der Waals surface area contributed by atoms with Crippen molar-refractivity contribution in [3.63, 3.8) is 0 Å². The molecule has 0 aliphatic carbocycles. The van der Waals surface area contributed by atoms with Crippen LogP contribution >= 0.6 is 0 Å². The van der Waals surface area contributed by atoms with Crippen LogP contribution in [0.25, 0.3) is 0 Å². The second kappa shape index (κ2) is 6.86. The predicted octanol–water partition coefficient (Wildman–Crippen LogP) is 4.84. The van der Waals surface area contributed by atoms with Gasteiger partial charge in [0.1, 0.15) is 5.75 Å². The van der Waals surface area contributed by atoms with E-state index in [9.17, 15) is 0 Å². The van der Waals surface area contributed by atoms with E-state index in [1.54, 1.807) is 7.11 Å². The third kappa shape index (κ3) is 4.10. The molecule has 23 heavy (non-hydrogen) atoms. The van der Waals surface area contributed by atoms with E-state index in [4.69, 9.17) is 14.0 Å². The van der Waals surface area contributed by atoms with Gasteiger partial charge >= 0.3 is 7.12 Å². The maximum absolute atomic E-state index is 6.07. The maximum Gasteiger partial charge on any atom is 0.457 e. The van der Waals surface area contributed by atoms with E-state index in [-0.39, 0.29) is 18.3 Å². The molecule has 1 fully saturated rings. The van der Waals surface area contributed by atoms with Crippen molar-refractivity contribution in [3.8, 4) is 5.75 Å². The molecule has 0 bridgehead atoms. The minimum atomic E-state index is -0.243. The van der Waals surface area contributed by atoms with Crippen molar-refractivity contribution in [2.24, 2.45) is 0 Å². The second-order valence-electron chi connectivity index (χ2n) is 7.80. The number of aryl methyl sites for hydroxylation is 1. The van der Waals surface area contributed by atoms with Crippen molar-refractivity contribution in [2.75, 3.05) is 7.11 Å². The number of hydrogen-bond acceptors (Lipinski definition) is 3. The lowest BCUT2D eigenvalue weighted by Gasteiger charge is -2.32. The van der Waals surface area contributed by atoms with Crippen LogP contribution in [0, 0.1) is 0 Å². The average molecular weight is 318 g/mol. The summed E-state index contributed by atoms with van der Waals surface area (Å²) >= 11 is 0. The summed E-state index contributed by atoms with van der Waals surface area (Å²) in [5, 5.41) is 0. The van der Waals surface area contributed by atoms with E-state index in [2.05, 4.69) is 59.7 Å². The van der Waals surface area contributed by atoms with Crippen molar-refractivity contribution >= 4 is 7.12 Å². The van der Waals surface area contributed by atoms with E-state index >= 15 is 0 Å². The largest absolute Gasteiger partial charge is 0.496 e. The number of ether oxygens (including phenoxy) is 1. The quantitative estimate of drug-likeness (QED) is 0.702. The molecule has 0 unspecified atom stereocenters. The van der Waals surface area contributed by atoms with Crippen molar-refractivity contribution in [1.82, 2.24) is 0 Å². The second-order valence-corrected chi connectivity index (χ2v) is 7.80. The first-order chi connectivity index (χ1) is 10.7. The molecule has 3 nitrogen and oxygen atoms in total. The zero-order valence-electron chi connectivity index (χ0n) is 15.7. The van der Waals surface area contributed by atoms with E-state index in [1.807, 2.05) is 0 Å². The fraction of sp³-hybridized carbons (Fsp3) is 0.684. The van der Waals surface area contributed by atoms with E-state index in [0.717, 1.165) is 24.9 Å². The average Bonchev–Trinajstić information content (AvgIpc) is 2.66. The third-order valence-electron chi connectivity index (χ3n) is 5.16. The van der Waals surface area contributed by atoms with Gasteiger partial charge in [-0.05, 0) is 63.5 Å². The molecule has 0 N–H and O–H groups in total. The molecule has 0 spiro atoms. The smallest absolute Gasteiger partial charge is 0.457 e. The Kier molecular flexibility index (Phi) is 5.47. The minimum absolute atomic E-state index is 0.112. The van der Waals surface area contributed by atoms with Gasteiger partial charge in [0.2, 0.25) is 0 Å². The van der Waals surface area contributed by atoms with Crippen LogP contribution < -0.4 is 4.74 Å². The topological polar surface area (TPSA) is 27.7 Å². The SMILES string of the molecule is COc1ccc(C(C)C)cc1CCCB1OC(C)(C)C(C)(C)O1. The molecular formula is C19H31BO3. The molecule has 4 heteroatoms. The first-order valence-electron chi connectivity index (χ1n) is 8.69. The predicted molar refractivity (Wildman–Crippen MR) is 96.3 cm³/mol. The van der Waals surface area contributed by atoms with Gasteiger partial charge in [-0.2, -0.15) is 0 Å². The lowest BCUT2D eigenvalue weighted by Crippen LogP contribution is -2.41. The number of rotatable bonds is 6. The third-order valence-corrected chi connectivity index (χ3v) is 5.16. The molecule has 0 aromatic heterocycles. The van der Waals surface area contributed by atoms with Crippen LogP contribution in [-0.4, -0.2) is 25.4 Å². The highest BCUT2D eigenvalue weighted by Gasteiger charge is 2.50. The van der Waals surface area contributed by atoms with E-state index in [0.29, 0.717) is 5.92 Å². The first kappa shape index (κ1) is 18.3. The zero-order valence-corrected chi connectivity index (χ0v) is 15.7. The number of methoxy groups -OCH3 is 1. The van der Waals surface area contributed by atoms with Gasteiger partial charge in [0.25, 0.3) is 0 Å². The van der Waals surface area contributed by atoms with Gasteiger partial charge in [-0.25, -0.2) is 0 Å². The van der Waals surface area contributed by atoms with Crippen LogP contribution in [0.4, 0.5) is 0 Å². The van der Waals surface area contributed by atoms with E-state index < -0.39 is 0 Å². The lowest BCUT2D eigenvalue weighted by molar-refractivity contribution is 0.00578. The Morgan fingerprint density at radius 1 is 1.09 bits per heavy atom. The Labute approximate surface area is 141 Å². The highest BCUT2D eigenvalue weighted by Crippen LogP contribution is 2.38. The van der Waals surface area contributed by atoms with Gasteiger partial charge in [-0.3, -0.25) is 0 Å². The fourth-order valence-corrected chi connectivity index (χ4v) is 2.90. The Morgan fingerprint density at radius 3 is 2.22 bits per heavy atom.